The van der Waals surface area contributed by atoms with Crippen molar-refractivity contribution in [1.29, 1.82) is 0 Å². The van der Waals surface area contributed by atoms with E-state index < -0.39 is 17.2 Å². The molecule has 9 heteroatoms. The largest absolute Gasteiger partial charge is 0.469 e. The first kappa shape index (κ1) is 14.8. The van der Waals surface area contributed by atoms with Crippen molar-refractivity contribution in [3.63, 3.8) is 0 Å². The zero-order valence-electron chi connectivity index (χ0n) is 10.4. The molecular formula is C11H11ClF3N3O2. The molecule has 0 aromatic carbocycles. The molecule has 0 aliphatic carbocycles. The third-order valence-electron chi connectivity index (χ3n) is 2.94. The lowest BCUT2D eigenvalue weighted by Crippen LogP contribution is -2.48. The van der Waals surface area contributed by atoms with E-state index in [4.69, 9.17) is 11.6 Å². The molecule has 1 saturated heterocycles. The van der Waals surface area contributed by atoms with Crippen LogP contribution < -0.4 is 4.90 Å². The Kier molecular flexibility index (Phi) is 4.03. The van der Waals surface area contributed by atoms with Gasteiger partial charge < -0.3 is 9.64 Å². The zero-order valence-corrected chi connectivity index (χ0v) is 11.2. The van der Waals surface area contributed by atoms with E-state index in [1.807, 2.05) is 0 Å². The number of nitrogens with zero attached hydrogens (tertiary/aromatic N) is 3. The number of halogens is 4. The maximum absolute atomic E-state index is 12.6. The van der Waals surface area contributed by atoms with Gasteiger partial charge in [-0.05, 0) is 11.6 Å². The zero-order chi connectivity index (χ0) is 14.9. The van der Waals surface area contributed by atoms with Crippen LogP contribution in [0.5, 0.6) is 0 Å². The van der Waals surface area contributed by atoms with E-state index in [2.05, 4.69) is 14.7 Å². The third kappa shape index (κ3) is 3.30. The smallest absolute Gasteiger partial charge is 0.433 e. The standard InChI is InChI=1S/C11H11ClF3N3O2/c1-20-9(19)2-6-4-18(5-6)8-3-7(11(13,14)15)16-10(12)17-8/h3,6H,2,4-5H2,1H3. The molecule has 0 radical (unpaired) electrons. The molecule has 0 bridgehead atoms. The number of carbonyl (C=O) groups is 1. The molecule has 0 amide bonds. The predicted octanol–water partition coefficient (Wildman–Crippen LogP) is 2.15. The Morgan fingerprint density at radius 1 is 1.50 bits per heavy atom. The first-order valence-corrected chi connectivity index (χ1v) is 6.11. The normalized spacial score (nSPS) is 15.9. The van der Waals surface area contributed by atoms with Crippen LogP contribution in [0, 0.1) is 5.92 Å². The highest BCUT2D eigenvalue weighted by atomic mass is 35.5. The van der Waals surface area contributed by atoms with Crippen LogP contribution in [0.3, 0.4) is 0 Å². The number of carbonyl (C=O) groups excluding carboxylic acids is 1. The van der Waals surface area contributed by atoms with Crippen LogP contribution in [0.15, 0.2) is 6.07 Å². The number of anilines is 1. The number of alkyl halides is 3. The van der Waals surface area contributed by atoms with Gasteiger partial charge in [-0.2, -0.15) is 13.2 Å². The summed E-state index contributed by atoms with van der Waals surface area (Å²) in [4.78, 5) is 19.6. The van der Waals surface area contributed by atoms with Crippen LogP contribution in [-0.4, -0.2) is 36.1 Å². The van der Waals surface area contributed by atoms with Crippen LogP contribution in [-0.2, 0) is 15.7 Å². The van der Waals surface area contributed by atoms with Crippen LogP contribution in [0.25, 0.3) is 0 Å². The molecular weight excluding hydrogens is 299 g/mol. The minimum absolute atomic E-state index is 0.0468. The average molecular weight is 310 g/mol. The van der Waals surface area contributed by atoms with Gasteiger partial charge in [-0.25, -0.2) is 9.97 Å². The fourth-order valence-electron chi connectivity index (χ4n) is 1.92. The third-order valence-corrected chi connectivity index (χ3v) is 3.11. The van der Waals surface area contributed by atoms with E-state index in [1.165, 1.54) is 7.11 Å². The lowest BCUT2D eigenvalue weighted by molar-refractivity contribution is -0.142. The van der Waals surface area contributed by atoms with Crippen molar-refractivity contribution < 1.29 is 22.7 Å². The van der Waals surface area contributed by atoms with Gasteiger partial charge in [-0.15, -0.1) is 0 Å². The SMILES string of the molecule is COC(=O)CC1CN(c2cc(C(F)(F)F)nc(Cl)n2)C1. The lowest BCUT2D eigenvalue weighted by atomic mass is 9.96. The average Bonchev–Trinajstić information content (AvgIpc) is 2.30. The van der Waals surface area contributed by atoms with Crippen molar-refractivity contribution in [3.8, 4) is 0 Å². The number of methoxy groups -OCH3 is 1. The molecule has 0 atom stereocenters. The van der Waals surface area contributed by atoms with Gasteiger partial charge in [0.2, 0.25) is 5.28 Å². The summed E-state index contributed by atoms with van der Waals surface area (Å²) in [6.07, 6.45) is -4.34. The Labute approximate surface area is 117 Å². The monoisotopic (exact) mass is 309 g/mol. The minimum atomic E-state index is -4.57. The molecule has 0 N–H and O–H groups in total. The van der Waals surface area contributed by atoms with Gasteiger partial charge in [0.1, 0.15) is 5.82 Å². The van der Waals surface area contributed by atoms with Gasteiger partial charge in [0.15, 0.2) is 5.69 Å². The quantitative estimate of drug-likeness (QED) is 0.632. The number of hydrogen-bond donors (Lipinski definition) is 0. The topological polar surface area (TPSA) is 55.3 Å². The Balaban J connectivity index is 2.05. The number of ether oxygens (including phenoxy) is 1. The van der Waals surface area contributed by atoms with Gasteiger partial charge >= 0.3 is 12.1 Å². The molecule has 1 fully saturated rings. The molecule has 5 nitrogen and oxygen atoms in total. The maximum Gasteiger partial charge on any atom is 0.433 e. The highest BCUT2D eigenvalue weighted by molar-refractivity contribution is 6.28. The van der Waals surface area contributed by atoms with Crippen molar-refractivity contribution in [2.45, 2.75) is 12.6 Å². The molecule has 1 aromatic rings. The van der Waals surface area contributed by atoms with Crippen molar-refractivity contribution in [3.05, 3.63) is 17.0 Å². The number of rotatable bonds is 3. The molecule has 1 aromatic heterocycles. The summed E-state index contributed by atoms with van der Waals surface area (Å²) in [6, 6.07) is 0.847. The molecule has 0 unspecified atom stereocenters. The van der Waals surface area contributed by atoms with Crippen molar-refractivity contribution in [2.24, 2.45) is 5.92 Å². The van der Waals surface area contributed by atoms with Gasteiger partial charge in [0.05, 0.1) is 13.5 Å². The lowest BCUT2D eigenvalue weighted by Gasteiger charge is -2.39. The minimum Gasteiger partial charge on any atom is -0.469 e. The summed E-state index contributed by atoms with van der Waals surface area (Å²) < 4.78 is 42.3. The molecule has 20 heavy (non-hydrogen) atoms. The first-order chi connectivity index (χ1) is 9.29. The second-order valence-electron chi connectivity index (χ2n) is 4.43. The van der Waals surface area contributed by atoms with Gasteiger partial charge in [0.25, 0.3) is 0 Å². The fraction of sp³-hybridized carbons (Fsp3) is 0.545. The number of aromatic nitrogens is 2. The summed E-state index contributed by atoms with van der Waals surface area (Å²) in [5.74, 6) is -0.185. The van der Waals surface area contributed by atoms with Crippen molar-refractivity contribution in [1.82, 2.24) is 9.97 Å². The van der Waals surface area contributed by atoms with E-state index in [0.29, 0.717) is 13.1 Å². The van der Waals surface area contributed by atoms with Gasteiger partial charge in [-0.3, -0.25) is 4.79 Å². The van der Waals surface area contributed by atoms with Crippen LogP contribution in [0.2, 0.25) is 5.28 Å². The van der Waals surface area contributed by atoms with Crippen molar-refractivity contribution in [2.75, 3.05) is 25.1 Å². The molecule has 0 spiro atoms. The highest BCUT2D eigenvalue weighted by Crippen LogP contribution is 2.32. The first-order valence-electron chi connectivity index (χ1n) is 5.73. The second kappa shape index (κ2) is 5.43. The van der Waals surface area contributed by atoms with Gasteiger partial charge in [-0.1, -0.05) is 0 Å². The molecule has 110 valence electrons. The van der Waals surface area contributed by atoms with Crippen LogP contribution in [0.4, 0.5) is 19.0 Å². The fourth-order valence-corrected chi connectivity index (χ4v) is 2.10. The van der Waals surface area contributed by atoms with E-state index >= 15 is 0 Å². The van der Waals surface area contributed by atoms with E-state index in [9.17, 15) is 18.0 Å². The van der Waals surface area contributed by atoms with Crippen LogP contribution >= 0.6 is 11.6 Å². The second-order valence-corrected chi connectivity index (χ2v) is 4.77. The summed E-state index contributed by atoms with van der Waals surface area (Å²) in [5, 5.41) is -0.453. The molecule has 2 heterocycles. The Morgan fingerprint density at radius 2 is 2.15 bits per heavy atom. The summed E-state index contributed by atoms with van der Waals surface area (Å²) in [5.41, 5.74) is -1.08. The van der Waals surface area contributed by atoms with E-state index in [0.717, 1.165) is 6.07 Å². The van der Waals surface area contributed by atoms with Gasteiger partial charge in [0, 0.05) is 25.1 Å². The Hall–Kier alpha value is -1.57. The summed E-state index contributed by atoms with van der Waals surface area (Å²) in [6.45, 7) is 0.861. The molecule has 2 rings (SSSR count). The van der Waals surface area contributed by atoms with E-state index in [-0.39, 0.29) is 24.1 Å². The predicted molar refractivity (Wildman–Crippen MR) is 64.4 cm³/mol. The molecule has 1 aliphatic heterocycles. The Bertz CT molecular complexity index is 518. The molecule has 0 saturated carbocycles. The van der Waals surface area contributed by atoms with Crippen LogP contribution in [0.1, 0.15) is 12.1 Å². The number of hydrogen-bond acceptors (Lipinski definition) is 5. The summed E-state index contributed by atoms with van der Waals surface area (Å²) in [7, 11) is 1.29. The number of esters is 1. The van der Waals surface area contributed by atoms with Crippen molar-refractivity contribution >= 4 is 23.4 Å². The van der Waals surface area contributed by atoms with E-state index in [1.54, 1.807) is 4.90 Å². The maximum atomic E-state index is 12.6. The molecule has 1 aliphatic rings. The Morgan fingerprint density at radius 3 is 2.70 bits per heavy atom. The summed E-state index contributed by atoms with van der Waals surface area (Å²) >= 11 is 5.50. The highest BCUT2D eigenvalue weighted by Gasteiger charge is 2.36.